The summed E-state index contributed by atoms with van der Waals surface area (Å²) in [4.78, 5) is 5.19. The molecule has 0 aliphatic carbocycles. The van der Waals surface area contributed by atoms with Gasteiger partial charge in [-0.05, 0) is 86.8 Å². The average Bonchev–Trinajstić information content (AvgIpc) is 3.62. The van der Waals surface area contributed by atoms with Crippen LogP contribution >= 0.6 is 0 Å². The Morgan fingerprint density at radius 3 is 1.91 bits per heavy atom. The number of para-hydroxylation sites is 4. The smallest absolute Gasteiger partial charge is 0.333 e. The van der Waals surface area contributed by atoms with Crippen LogP contribution in [-0.4, -0.2) is 6.85 Å². The highest BCUT2D eigenvalue weighted by Crippen LogP contribution is 2.56. The van der Waals surface area contributed by atoms with Gasteiger partial charge in [-0.2, -0.15) is 0 Å². The Morgan fingerprint density at radius 1 is 0.509 bits per heavy atom. The fraction of sp³-hybridized carbons (Fsp3) is 0.0588. The SMILES string of the molecule is CC1(C)c2ccccc2N2c3cc4c(oc5ccccc54)c4c3B(c3cccc1c32)N(c1cc(-c2ccccc2)cc(-c2ccccc2)c1)c1ccccc1-4. The molecule has 0 N–H and O–H groups in total. The van der Waals surface area contributed by atoms with Crippen molar-refractivity contribution < 1.29 is 4.42 Å². The molecule has 0 saturated carbocycles. The lowest BCUT2D eigenvalue weighted by Gasteiger charge is -2.50. The first-order valence-corrected chi connectivity index (χ1v) is 19.2. The van der Waals surface area contributed by atoms with Crippen LogP contribution in [0, 0.1) is 0 Å². The maximum absolute atomic E-state index is 6.93. The molecule has 9 aromatic rings. The lowest BCUT2D eigenvalue weighted by atomic mass is 9.42. The maximum atomic E-state index is 6.93. The third-order valence-electron chi connectivity index (χ3n) is 12.4. The van der Waals surface area contributed by atoms with E-state index in [9.17, 15) is 0 Å². The third-order valence-corrected chi connectivity index (χ3v) is 12.4. The minimum Gasteiger partial charge on any atom is -0.455 e. The Balaban J connectivity index is 1.24. The Kier molecular flexibility index (Phi) is 6.20. The number of fused-ring (bicyclic) bond motifs is 10. The summed E-state index contributed by atoms with van der Waals surface area (Å²) in [6, 6.07) is 64.6. The second-order valence-corrected chi connectivity index (χ2v) is 15.7. The highest BCUT2D eigenvalue weighted by Gasteiger charge is 2.50. The first-order chi connectivity index (χ1) is 27.1. The number of nitrogens with zero attached hydrogens (tertiary/aromatic N) is 2. The Bertz CT molecular complexity index is 2980. The van der Waals surface area contributed by atoms with Crippen LogP contribution in [0.4, 0.5) is 28.4 Å². The van der Waals surface area contributed by atoms with Crippen molar-refractivity contribution in [2.24, 2.45) is 0 Å². The van der Waals surface area contributed by atoms with Crippen molar-refractivity contribution in [1.82, 2.24) is 0 Å². The van der Waals surface area contributed by atoms with E-state index in [1.165, 1.54) is 78.2 Å². The van der Waals surface area contributed by atoms with Crippen molar-refractivity contribution >= 4 is 68.1 Å². The molecule has 4 heterocycles. The van der Waals surface area contributed by atoms with Gasteiger partial charge < -0.3 is 14.1 Å². The zero-order valence-electron chi connectivity index (χ0n) is 30.6. The second kappa shape index (κ2) is 11.1. The normalized spacial score (nSPS) is 14.4. The molecule has 8 aromatic carbocycles. The predicted molar refractivity (Wildman–Crippen MR) is 230 cm³/mol. The third kappa shape index (κ3) is 4.17. The summed E-state index contributed by atoms with van der Waals surface area (Å²) < 4.78 is 6.93. The largest absolute Gasteiger partial charge is 0.455 e. The molecular formula is C51H35BN2O. The van der Waals surface area contributed by atoms with Crippen LogP contribution in [0.2, 0.25) is 0 Å². The fourth-order valence-electron chi connectivity index (χ4n) is 9.93. The van der Waals surface area contributed by atoms with Gasteiger partial charge in [0.2, 0.25) is 0 Å². The Morgan fingerprint density at radius 2 is 1.15 bits per heavy atom. The Labute approximate surface area is 320 Å². The average molecular weight is 703 g/mol. The molecular weight excluding hydrogens is 667 g/mol. The first-order valence-electron chi connectivity index (χ1n) is 19.2. The van der Waals surface area contributed by atoms with E-state index in [4.69, 9.17) is 4.42 Å². The van der Waals surface area contributed by atoms with Crippen molar-refractivity contribution in [3.8, 4) is 33.4 Å². The van der Waals surface area contributed by atoms with Gasteiger partial charge in [0.05, 0.1) is 5.69 Å². The van der Waals surface area contributed by atoms with Crippen molar-refractivity contribution in [2.45, 2.75) is 19.3 Å². The standard InChI is InChI=1S/C51H35BN2O/c1-51(2)40-22-11-13-26-44(40)53-45-31-39-37-20-10-14-27-46(37)55-50(39)47-38-21-9-12-25-43(38)54(52(48(45)47)42-24-15-23-41(51)49(42)53)36-29-34(32-16-5-3-6-17-32)28-35(30-36)33-18-7-4-8-19-33/h3-31H,1-2H3. The summed E-state index contributed by atoms with van der Waals surface area (Å²) in [5.74, 6) is 0. The molecule has 0 spiro atoms. The van der Waals surface area contributed by atoms with Gasteiger partial charge in [0.1, 0.15) is 11.2 Å². The molecule has 0 fully saturated rings. The molecule has 55 heavy (non-hydrogen) atoms. The molecule has 0 unspecified atom stereocenters. The second-order valence-electron chi connectivity index (χ2n) is 15.7. The van der Waals surface area contributed by atoms with Crippen LogP contribution in [-0.2, 0) is 5.41 Å². The lowest BCUT2D eigenvalue weighted by molar-refractivity contribution is 0.632. The van der Waals surface area contributed by atoms with E-state index in [-0.39, 0.29) is 12.3 Å². The van der Waals surface area contributed by atoms with Gasteiger partial charge >= 0.3 is 6.85 Å². The van der Waals surface area contributed by atoms with E-state index in [0.29, 0.717) is 0 Å². The number of furan rings is 1. The van der Waals surface area contributed by atoms with Crippen LogP contribution in [0.3, 0.4) is 0 Å². The van der Waals surface area contributed by atoms with E-state index < -0.39 is 0 Å². The molecule has 0 amide bonds. The molecule has 4 heteroatoms. The molecule has 3 nitrogen and oxygen atoms in total. The van der Waals surface area contributed by atoms with Crippen LogP contribution < -0.4 is 20.6 Å². The summed E-state index contributed by atoms with van der Waals surface area (Å²) >= 11 is 0. The van der Waals surface area contributed by atoms with Gasteiger partial charge in [-0.3, -0.25) is 0 Å². The van der Waals surface area contributed by atoms with E-state index in [2.05, 4.69) is 199 Å². The van der Waals surface area contributed by atoms with E-state index in [0.717, 1.165) is 27.6 Å². The fourth-order valence-corrected chi connectivity index (χ4v) is 9.93. The van der Waals surface area contributed by atoms with E-state index in [1.54, 1.807) is 0 Å². The molecule has 0 radical (unpaired) electrons. The molecule has 0 bridgehead atoms. The summed E-state index contributed by atoms with van der Waals surface area (Å²) in [5, 5.41) is 2.29. The minimum absolute atomic E-state index is 0.126. The molecule has 0 saturated heterocycles. The summed E-state index contributed by atoms with van der Waals surface area (Å²) in [6.45, 7) is 4.64. The number of benzene rings is 8. The zero-order valence-corrected chi connectivity index (χ0v) is 30.6. The van der Waals surface area contributed by atoms with Gasteiger partial charge in [0.15, 0.2) is 0 Å². The molecule has 0 atom stereocenters. The van der Waals surface area contributed by atoms with E-state index >= 15 is 0 Å². The maximum Gasteiger partial charge on any atom is 0.333 e. The molecule has 258 valence electrons. The first kappa shape index (κ1) is 30.7. The van der Waals surface area contributed by atoms with Crippen LogP contribution in [0.15, 0.2) is 180 Å². The summed E-state index contributed by atoms with van der Waals surface area (Å²) in [5.41, 5.74) is 20.1. The number of rotatable bonds is 3. The molecule has 1 aromatic heterocycles. The van der Waals surface area contributed by atoms with Crippen LogP contribution in [0.25, 0.3) is 55.3 Å². The van der Waals surface area contributed by atoms with Gasteiger partial charge in [0, 0.05) is 50.1 Å². The molecule has 3 aliphatic heterocycles. The van der Waals surface area contributed by atoms with Crippen LogP contribution in [0.1, 0.15) is 25.0 Å². The summed E-state index contributed by atoms with van der Waals surface area (Å²) in [7, 11) is 0. The molecule has 12 rings (SSSR count). The monoisotopic (exact) mass is 702 g/mol. The van der Waals surface area contributed by atoms with Crippen molar-refractivity contribution in [1.29, 1.82) is 0 Å². The molecule has 3 aliphatic rings. The van der Waals surface area contributed by atoms with Gasteiger partial charge in [-0.15, -0.1) is 0 Å². The number of hydrogen-bond donors (Lipinski definition) is 0. The number of anilines is 5. The van der Waals surface area contributed by atoms with Crippen LogP contribution in [0.5, 0.6) is 0 Å². The number of hydrogen-bond acceptors (Lipinski definition) is 3. The van der Waals surface area contributed by atoms with Gasteiger partial charge in [-0.25, -0.2) is 0 Å². The van der Waals surface area contributed by atoms with Crippen molar-refractivity contribution in [2.75, 3.05) is 9.71 Å². The lowest BCUT2D eigenvalue weighted by Crippen LogP contribution is -2.62. The van der Waals surface area contributed by atoms with Crippen molar-refractivity contribution in [3.05, 3.63) is 187 Å². The highest BCUT2D eigenvalue weighted by molar-refractivity contribution is 6.94. The Hall–Kier alpha value is -6.78. The van der Waals surface area contributed by atoms with Crippen molar-refractivity contribution in [3.63, 3.8) is 0 Å². The quantitative estimate of drug-likeness (QED) is 0.171. The predicted octanol–water partition coefficient (Wildman–Crippen LogP) is 12.3. The summed E-state index contributed by atoms with van der Waals surface area (Å²) in [6.07, 6.45) is 0. The van der Waals surface area contributed by atoms with E-state index in [1.807, 2.05) is 0 Å². The van der Waals surface area contributed by atoms with Gasteiger partial charge in [-0.1, -0.05) is 147 Å². The minimum atomic E-state index is -0.198. The van der Waals surface area contributed by atoms with Gasteiger partial charge in [0.25, 0.3) is 0 Å². The zero-order chi connectivity index (χ0) is 36.4. The highest BCUT2D eigenvalue weighted by atomic mass is 16.3. The topological polar surface area (TPSA) is 19.6 Å².